The van der Waals surface area contributed by atoms with Crippen LogP contribution in [0.25, 0.3) is 0 Å². The molecule has 162 valence electrons. The number of benzene rings is 2. The van der Waals surface area contributed by atoms with Crippen LogP contribution in [-0.4, -0.2) is 35.4 Å². The van der Waals surface area contributed by atoms with Crippen LogP contribution in [0.3, 0.4) is 0 Å². The number of hydrogen-bond donors (Lipinski definition) is 1. The number of halogens is 2. The molecule has 0 aliphatic heterocycles. The predicted molar refractivity (Wildman–Crippen MR) is 121 cm³/mol. The summed E-state index contributed by atoms with van der Waals surface area (Å²) < 4.78 is 5.61. The van der Waals surface area contributed by atoms with Gasteiger partial charge in [-0.1, -0.05) is 60.0 Å². The van der Waals surface area contributed by atoms with Crippen molar-refractivity contribution in [1.29, 1.82) is 0 Å². The zero-order valence-corrected chi connectivity index (χ0v) is 19.3. The Morgan fingerprint density at radius 2 is 1.77 bits per heavy atom. The Labute approximate surface area is 188 Å². The molecule has 1 N–H and O–H groups in total. The van der Waals surface area contributed by atoms with Gasteiger partial charge in [0, 0.05) is 17.6 Å². The molecule has 0 aliphatic carbocycles. The van der Waals surface area contributed by atoms with E-state index in [1.807, 2.05) is 45.0 Å². The lowest BCUT2D eigenvalue weighted by Crippen LogP contribution is -2.50. The highest BCUT2D eigenvalue weighted by Gasteiger charge is 2.27. The molecule has 2 aromatic rings. The molecule has 0 saturated heterocycles. The first kappa shape index (κ1) is 24.0. The number of carbonyl (C=O) groups is 2. The maximum atomic E-state index is 13.0. The first-order valence-corrected chi connectivity index (χ1v) is 10.7. The standard InChI is InChI=1S/C23H28Cl2N2O3/c1-5-16(3)26-23(29)17(4)27(13-18-8-6-15(2)7-9-18)22(28)14-30-21-11-10-19(24)12-20(21)25/h6-12,16-17H,5,13-14H2,1-4H3,(H,26,29)/t16-,17+/m1/s1. The van der Waals surface area contributed by atoms with Crippen molar-refractivity contribution in [2.24, 2.45) is 0 Å². The van der Waals surface area contributed by atoms with E-state index in [1.54, 1.807) is 25.1 Å². The minimum Gasteiger partial charge on any atom is -0.482 e. The first-order valence-electron chi connectivity index (χ1n) is 9.94. The molecule has 0 bridgehead atoms. The number of rotatable bonds is 9. The normalized spacial score (nSPS) is 12.7. The summed E-state index contributed by atoms with van der Waals surface area (Å²) >= 11 is 12.0. The zero-order chi connectivity index (χ0) is 22.3. The number of nitrogens with one attached hydrogen (secondary N) is 1. The summed E-state index contributed by atoms with van der Waals surface area (Å²) in [6, 6.07) is 12.0. The molecular formula is C23H28Cl2N2O3. The quantitative estimate of drug-likeness (QED) is 0.583. The van der Waals surface area contributed by atoms with Gasteiger partial charge < -0.3 is 15.0 Å². The monoisotopic (exact) mass is 450 g/mol. The molecule has 2 atom stereocenters. The number of aryl methyl sites for hydroxylation is 1. The van der Waals surface area contributed by atoms with E-state index in [0.717, 1.165) is 17.5 Å². The van der Waals surface area contributed by atoms with Crippen LogP contribution in [0, 0.1) is 6.92 Å². The molecule has 2 aromatic carbocycles. The SMILES string of the molecule is CC[C@@H](C)NC(=O)[C@H](C)N(Cc1ccc(C)cc1)C(=O)COc1ccc(Cl)cc1Cl. The van der Waals surface area contributed by atoms with Crippen molar-refractivity contribution < 1.29 is 14.3 Å². The number of amides is 2. The van der Waals surface area contributed by atoms with Crippen molar-refractivity contribution in [3.05, 3.63) is 63.6 Å². The highest BCUT2D eigenvalue weighted by atomic mass is 35.5. The smallest absolute Gasteiger partial charge is 0.261 e. The third-order valence-electron chi connectivity index (χ3n) is 4.89. The van der Waals surface area contributed by atoms with Gasteiger partial charge in [0.25, 0.3) is 5.91 Å². The summed E-state index contributed by atoms with van der Waals surface area (Å²) in [4.78, 5) is 27.2. The van der Waals surface area contributed by atoms with Gasteiger partial charge in [-0.05, 0) is 51.0 Å². The van der Waals surface area contributed by atoms with Gasteiger partial charge in [-0.2, -0.15) is 0 Å². The Hall–Kier alpha value is -2.24. The van der Waals surface area contributed by atoms with Crippen molar-refractivity contribution in [2.45, 2.75) is 52.7 Å². The van der Waals surface area contributed by atoms with Gasteiger partial charge in [0.05, 0.1) is 5.02 Å². The van der Waals surface area contributed by atoms with E-state index in [4.69, 9.17) is 27.9 Å². The van der Waals surface area contributed by atoms with Crippen LogP contribution >= 0.6 is 23.2 Å². The van der Waals surface area contributed by atoms with Crippen LogP contribution in [0.2, 0.25) is 10.0 Å². The van der Waals surface area contributed by atoms with Crippen LogP contribution in [0.1, 0.15) is 38.3 Å². The number of carbonyl (C=O) groups excluding carboxylic acids is 2. The van der Waals surface area contributed by atoms with Crippen LogP contribution in [-0.2, 0) is 16.1 Å². The van der Waals surface area contributed by atoms with Crippen molar-refractivity contribution in [1.82, 2.24) is 10.2 Å². The lowest BCUT2D eigenvalue weighted by atomic mass is 10.1. The lowest BCUT2D eigenvalue weighted by molar-refractivity contribution is -0.142. The summed E-state index contributed by atoms with van der Waals surface area (Å²) in [6.45, 7) is 7.70. The maximum absolute atomic E-state index is 13.0. The number of ether oxygens (including phenoxy) is 1. The second kappa shape index (κ2) is 11.2. The first-order chi connectivity index (χ1) is 14.2. The fraction of sp³-hybridized carbons (Fsp3) is 0.391. The Bertz CT molecular complexity index is 871. The molecule has 0 unspecified atom stereocenters. The van der Waals surface area contributed by atoms with Gasteiger partial charge in [-0.25, -0.2) is 0 Å². The Balaban J connectivity index is 2.16. The Kier molecular flexibility index (Phi) is 9.00. The van der Waals surface area contributed by atoms with E-state index >= 15 is 0 Å². The molecule has 0 heterocycles. The molecule has 2 rings (SSSR count). The van der Waals surface area contributed by atoms with E-state index in [0.29, 0.717) is 22.3 Å². The third kappa shape index (κ3) is 6.92. The van der Waals surface area contributed by atoms with Crippen molar-refractivity contribution >= 4 is 35.0 Å². The van der Waals surface area contributed by atoms with Crippen LogP contribution < -0.4 is 10.1 Å². The van der Waals surface area contributed by atoms with E-state index < -0.39 is 6.04 Å². The van der Waals surface area contributed by atoms with E-state index in [-0.39, 0.29) is 24.5 Å². The largest absolute Gasteiger partial charge is 0.482 e. The summed E-state index contributed by atoms with van der Waals surface area (Å²) in [5.74, 6) is -0.149. The van der Waals surface area contributed by atoms with Gasteiger partial charge >= 0.3 is 0 Å². The van der Waals surface area contributed by atoms with Gasteiger partial charge in [0.15, 0.2) is 6.61 Å². The molecule has 0 fully saturated rings. The molecule has 5 nitrogen and oxygen atoms in total. The van der Waals surface area contributed by atoms with E-state index in [9.17, 15) is 9.59 Å². The van der Waals surface area contributed by atoms with Crippen molar-refractivity contribution in [2.75, 3.05) is 6.61 Å². The Morgan fingerprint density at radius 1 is 1.10 bits per heavy atom. The zero-order valence-electron chi connectivity index (χ0n) is 17.7. The molecule has 2 amide bonds. The average molecular weight is 451 g/mol. The molecule has 0 saturated carbocycles. The molecular weight excluding hydrogens is 423 g/mol. The molecule has 0 aliphatic rings. The maximum Gasteiger partial charge on any atom is 0.261 e. The highest BCUT2D eigenvalue weighted by molar-refractivity contribution is 6.35. The van der Waals surface area contributed by atoms with E-state index in [1.165, 1.54) is 4.90 Å². The molecule has 7 heteroatoms. The molecule has 30 heavy (non-hydrogen) atoms. The minimum absolute atomic E-state index is 0.0281. The second-order valence-corrected chi connectivity index (χ2v) is 8.21. The summed E-state index contributed by atoms with van der Waals surface area (Å²) in [7, 11) is 0. The third-order valence-corrected chi connectivity index (χ3v) is 5.42. The highest BCUT2D eigenvalue weighted by Crippen LogP contribution is 2.27. The Morgan fingerprint density at radius 3 is 2.37 bits per heavy atom. The molecule has 0 spiro atoms. The minimum atomic E-state index is -0.655. The van der Waals surface area contributed by atoms with Gasteiger partial charge in [0.1, 0.15) is 11.8 Å². The summed E-state index contributed by atoms with van der Waals surface area (Å²) in [5.41, 5.74) is 2.06. The average Bonchev–Trinajstić information content (AvgIpc) is 2.71. The van der Waals surface area contributed by atoms with Gasteiger partial charge in [-0.3, -0.25) is 9.59 Å². The predicted octanol–water partition coefficient (Wildman–Crippen LogP) is 5.01. The fourth-order valence-electron chi connectivity index (χ4n) is 2.75. The summed E-state index contributed by atoms with van der Waals surface area (Å²) in [5, 5.41) is 3.74. The van der Waals surface area contributed by atoms with Crippen molar-refractivity contribution in [3.8, 4) is 5.75 Å². The van der Waals surface area contributed by atoms with E-state index in [2.05, 4.69) is 5.32 Å². The van der Waals surface area contributed by atoms with Crippen LogP contribution in [0.15, 0.2) is 42.5 Å². The van der Waals surface area contributed by atoms with Crippen molar-refractivity contribution in [3.63, 3.8) is 0 Å². The topological polar surface area (TPSA) is 58.6 Å². The number of hydrogen-bond acceptors (Lipinski definition) is 3. The van der Waals surface area contributed by atoms with Crippen LogP contribution in [0.5, 0.6) is 5.75 Å². The molecule has 0 aromatic heterocycles. The number of nitrogens with zero attached hydrogens (tertiary/aromatic N) is 1. The van der Waals surface area contributed by atoms with Crippen LogP contribution in [0.4, 0.5) is 0 Å². The summed E-state index contributed by atoms with van der Waals surface area (Å²) in [6.07, 6.45) is 0.808. The fourth-order valence-corrected chi connectivity index (χ4v) is 3.22. The van der Waals surface area contributed by atoms with Gasteiger partial charge in [0.2, 0.25) is 5.91 Å². The molecule has 0 radical (unpaired) electrons. The lowest BCUT2D eigenvalue weighted by Gasteiger charge is -2.29. The second-order valence-electron chi connectivity index (χ2n) is 7.36. The van der Waals surface area contributed by atoms with Gasteiger partial charge in [-0.15, -0.1) is 0 Å².